The van der Waals surface area contributed by atoms with E-state index >= 15 is 0 Å². The first-order valence-electron chi connectivity index (χ1n) is 11.3. The summed E-state index contributed by atoms with van der Waals surface area (Å²) in [5.74, 6) is -3.62. The summed E-state index contributed by atoms with van der Waals surface area (Å²) in [6.07, 6.45) is 15.6. The number of carboxylic acids is 3. The van der Waals surface area contributed by atoms with E-state index in [1.165, 1.54) is 65.7 Å². The third-order valence-corrected chi connectivity index (χ3v) is 6.30. The van der Waals surface area contributed by atoms with Crippen LogP contribution < -0.4 is 0 Å². The van der Waals surface area contributed by atoms with Crippen LogP contribution in [0.3, 0.4) is 0 Å². The highest BCUT2D eigenvalue weighted by Gasteiger charge is 2.52. The van der Waals surface area contributed by atoms with Crippen molar-refractivity contribution < 1.29 is 34.2 Å². The van der Waals surface area contributed by atoms with Gasteiger partial charge in [0.1, 0.15) is 0 Å². The maximum absolute atomic E-state index is 11.7. The second-order valence-corrected chi connectivity index (χ2v) is 8.31. The third-order valence-electron chi connectivity index (χ3n) is 6.30. The Morgan fingerprint density at radius 1 is 0.667 bits per heavy atom. The molecule has 0 bridgehead atoms. The Labute approximate surface area is 181 Å². The minimum absolute atomic E-state index is 0.0474. The monoisotopic (exact) mass is 428 g/mol. The molecule has 0 spiro atoms. The SMILES string of the molecule is CCCCCCCCCCC/C=C/C[N+](C(C)C(=O)O)(C(C)C(=O)O)C(C)C(=O)O. The molecule has 0 saturated heterocycles. The van der Waals surface area contributed by atoms with Crippen molar-refractivity contribution in [1.82, 2.24) is 0 Å². The lowest BCUT2D eigenvalue weighted by Crippen LogP contribution is -2.70. The molecule has 0 fully saturated rings. The molecule has 0 radical (unpaired) electrons. The van der Waals surface area contributed by atoms with Crippen LogP contribution >= 0.6 is 0 Å². The number of quaternary nitrogens is 1. The Morgan fingerprint density at radius 2 is 1.03 bits per heavy atom. The minimum atomic E-state index is -1.21. The summed E-state index contributed by atoms with van der Waals surface area (Å²) in [7, 11) is 0. The van der Waals surface area contributed by atoms with E-state index in [0.29, 0.717) is 0 Å². The van der Waals surface area contributed by atoms with Crippen molar-refractivity contribution >= 4 is 17.9 Å². The van der Waals surface area contributed by atoms with Crippen LogP contribution in [0.2, 0.25) is 0 Å². The molecule has 3 N–H and O–H groups in total. The van der Waals surface area contributed by atoms with E-state index < -0.39 is 40.5 Å². The molecular weight excluding hydrogens is 386 g/mol. The van der Waals surface area contributed by atoms with Crippen LogP contribution in [0.5, 0.6) is 0 Å². The number of carboxylic acid groups (broad SMARTS) is 3. The van der Waals surface area contributed by atoms with Gasteiger partial charge in [0.2, 0.25) is 0 Å². The van der Waals surface area contributed by atoms with Crippen LogP contribution in [0.1, 0.15) is 91.9 Å². The van der Waals surface area contributed by atoms with Crippen LogP contribution in [0.25, 0.3) is 0 Å². The summed E-state index contributed by atoms with van der Waals surface area (Å²) in [6, 6.07) is -3.50. The highest BCUT2D eigenvalue weighted by Crippen LogP contribution is 2.26. The zero-order valence-electron chi connectivity index (χ0n) is 19.2. The molecule has 0 aliphatic carbocycles. The van der Waals surface area contributed by atoms with Gasteiger partial charge in [0.05, 0.1) is 6.54 Å². The highest BCUT2D eigenvalue weighted by molar-refractivity contribution is 5.77. The van der Waals surface area contributed by atoms with Gasteiger partial charge in [-0.2, -0.15) is 0 Å². The average Bonchev–Trinajstić information content (AvgIpc) is 2.70. The highest BCUT2D eigenvalue weighted by atomic mass is 16.4. The zero-order valence-corrected chi connectivity index (χ0v) is 19.2. The Hall–Kier alpha value is -1.89. The molecular formula is C23H42NO6+. The second kappa shape index (κ2) is 15.0. The topological polar surface area (TPSA) is 112 Å². The lowest BCUT2D eigenvalue weighted by atomic mass is 10.0. The van der Waals surface area contributed by atoms with Gasteiger partial charge in [0.15, 0.2) is 18.1 Å². The molecule has 7 nitrogen and oxygen atoms in total. The van der Waals surface area contributed by atoms with Crippen molar-refractivity contribution in [3.05, 3.63) is 12.2 Å². The van der Waals surface area contributed by atoms with Crippen molar-refractivity contribution in [3.63, 3.8) is 0 Å². The molecule has 0 aliphatic rings. The molecule has 30 heavy (non-hydrogen) atoms. The number of unbranched alkanes of at least 4 members (excludes halogenated alkanes) is 9. The molecule has 0 heterocycles. The fourth-order valence-electron chi connectivity index (χ4n) is 4.05. The Balaban J connectivity index is 4.84. The summed E-state index contributed by atoms with van der Waals surface area (Å²) in [4.78, 5) is 35.1. The van der Waals surface area contributed by atoms with Gasteiger partial charge in [0.25, 0.3) is 0 Å². The summed E-state index contributed by atoms with van der Waals surface area (Å²) < 4.78 is -0.561. The number of hydrogen-bond donors (Lipinski definition) is 3. The molecule has 0 saturated carbocycles. The summed E-state index contributed by atoms with van der Waals surface area (Å²) in [6.45, 7) is 6.41. The molecule has 0 amide bonds. The van der Waals surface area contributed by atoms with E-state index in [4.69, 9.17) is 0 Å². The Bertz CT molecular complexity index is 510. The maximum atomic E-state index is 11.7. The number of hydrogen-bond acceptors (Lipinski definition) is 3. The Kier molecular flexibility index (Phi) is 14.0. The summed E-state index contributed by atoms with van der Waals surface area (Å²) in [5.41, 5.74) is 0. The summed E-state index contributed by atoms with van der Waals surface area (Å²) >= 11 is 0. The quantitative estimate of drug-likeness (QED) is 0.166. The van der Waals surface area contributed by atoms with Crippen molar-refractivity contribution in [3.8, 4) is 0 Å². The molecule has 0 aliphatic heterocycles. The van der Waals surface area contributed by atoms with Gasteiger partial charge < -0.3 is 15.3 Å². The van der Waals surface area contributed by atoms with Crippen LogP contribution in [-0.4, -0.2) is 62.4 Å². The van der Waals surface area contributed by atoms with Gasteiger partial charge in [-0.1, -0.05) is 64.4 Å². The van der Waals surface area contributed by atoms with E-state index in [0.717, 1.165) is 19.3 Å². The molecule has 0 aromatic carbocycles. The first-order valence-corrected chi connectivity index (χ1v) is 11.3. The summed E-state index contributed by atoms with van der Waals surface area (Å²) in [5, 5.41) is 28.6. The molecule has 0 rings (SSSR count). The average molecular weight is 429 g/mol. The zero-order chi connectivity index (χ0) is 23.2. The van der Waals surface area contributed by atoms with Crippen molar-refractivity contribution in [2.75, 3.05) is 6.54 Å². The molecule has 0 aromatic rings. The predicted octanol–water partition coefficient (Wildman–Crippen LogP) is 4.70. The van der Waals surface area contributed by atoms with Crippen LogP contribution in [-0.2, 0) is 14.4 Å². The number of carbonyl (C=O) groups is 3. The normalized spacial score (nSPS) is 16.7. The van der Waals surface area contributed by atoms with Crippen LogP contribution in [0.4, 0.5) is 0 Å². The second-order valence-electron chi connectivity index (χ2n) is 8.31. The fourth-order valence-corrected chi connectivity index (χ4v) is 4.05. The molecule has 174 valence electrons. The standard InChI is InChI=1S/C23H41NO6/c1-5-6-7-8-9-10-11-12-13-14-15-16-17-24(18(2)21(25)26,19(3)22(27)28)20(4)23(29)30/h15-16,18-20H,5-14,17H2,1-4H3,(H2-,25,26,27,28,29,30)/p+1/b16-15+. The van der Waals surface area contributed by atoms with Gasteiger partial charge in [-0.3, -0.25) is 4.48 Å². The van der Waals surface area contributed by atoms with E-state index in [-0.39, 0.29) is 6.54 Å². The van der Waals surface area contributed by atoms with Crippen LogP contribution in [0.15, 0.2) is 12.2 Å². The van der Waals surface area contributed by atoms with Gasteiger partial charge in [-0.25, -0.2) is 14.4 Å². The first-order chi connectivity index (χ1) is 14.1. The fraction of sp³-hybridized carbons (Fsp3) is 0.783. The van der Waals surface area contributed by atoms with Gasteiger partial charge in [0, 0.05) is 0 Å². The molecule has 7 heteroatoms. The van der Waals surface area contributed by atoms with E-state index in [2.05, 4.69) is 6.92 Å². The number of aliphatic carboxylic acids is 3. The molecule has 3 atom stereocenters. The van der Waals surface area contributed by atoms with Crippen molar-refractivity contribution in [1.29, 1.82) is 0 Å². The van der Waals surface area contributed by atoms with E-state index in [1.54, 1.807) is 6.08 Å². The number of allylic oxidation sites excluding steroid dienone is 1. The smallest absolute Gasteiger partial charge is 0.362 e. The first kappa shape index (κ1) is 28.1. The molecule has 3 unspecified atom stereocenters. The predicted molar refractivity (Wildman–Crippen MR) is 117 cm³/mol. The van der Waals surface area contributed by atoms with Gasteiger partial charge >= 0.3 is 17.9 Å². The Morgan fingerprint density at radius 3 is 1.40 bits per heavy atom. The largest absolute Gasteiger partial charge is 0.477 e. The number of rotatable bonds is 18. The number of nitrogens with zero attached hydrogens (tertiary/aromatic N) is 1. The van der Waals surface area contributed by atoms with Gasteiger partial charge in [-0.15, -0.1) is 0 Å². The van der Waals surface area contributed by atoms with E-state index in [1.807, 2.05) is 6.08 Å². The lowest BCUT2D eigenvalue weighted by molar-refractivity contribution is -0.962. The minimum Gasteiger partial charge on any atom is -0.477 e. The van der Waals surface area contributed by atoms with Crippen molar-refractivity contribution in [2.45, 2.75) is 110 Å². The van der Waals surface area contributed by atoms with Crippen LogP contribution in [0, 0.1) is 0 Å². The van der Waals surface area contributed by atoms with E-state index in [9.17, 15) is 29.7 Å². The van der Waals surface area contributed by atoms with Crippen molar-refractivity contribution in [2.24, 2.45) is 0 Å². The lowest BCUT2D eigenvalue weighted by Gasteiger charge is -2.46. The van der Waals surface area contributed by atoms with Gasteiger partial charge in [-0.05, 0) is 39.7 Å². The third kappa shape index (κ3) is 8.86. The maximum Gasteiger partial charge on any atom is 0.362 e. The molecule has 0 aromatic heterocycles.